The lowest BCUT2D eigenvalue weighted by atomic mass is 10.1. The van der Waals surface area contributed by atoms with Crippen molar-refractivity contribution < 1.29 is 15.4 Å². The summed E-state index contributed by atoms with van der Waals surface area (Å²) in [5, 5.41) is 8.51. The number of allylic oxidation sites excluding steroid dienone is 2. The van der Waals surface area contributed by atoms with Crippen molar-refractivity contribution in [2.24, 2.45) is 0 Å². The Hall–Kier alpha value is -0.830. The van der Waals surface area contributed by atoms with Crippen molar-refractivity contribution in [3.05, 3.63) is 12.2 Å². The Morgan fingerprint density at radius 1 is 0.762 bits per heavy atom. The van der Waals surface area contributed by atoms with Gasteiger partial charge in [0.05, 0.1) is 0 Å². The molecule has 0 amide bonds. The summed E-state index contributed by atoms with van der Waals surface area (Å²) in [6.45, 7) is 2.26. The van der Waals surface area contributed by atoms with Crippen LogP contribution in [0.25, 0.3) is 0 Å². The molecule has 0 aromatic heterocycles. The molecular formula is C18H36O3. The molecule has 0 atom stereocenters. The second kappa shape index (κ2) is 19.2. The Morgan fingerprint density at radius 2 is 1.19 bits per heavy atom. The van der Waals surface area contributed by atoms with Gasteiger partial charge in [-0.1, -0.05) is 70.4 Å². The molecule has 0 aromatic carbocycles. The van der Waals surface area contributed by atoms with Crippen LogP contribution in [0.15, 0.2) is 12.2 Å². The molecule has 21 heavy (non-hydrogen) atoms. The summed E-state index contributed by atoms with van der Waals surface area (Å²) in [6, 6.07) is 0. The van der Waals surface area contributed by atoms with Gasteiger partial charge in [-0.15, -0.1) is 0 Å². The lowest BCUT2D eigenvalue weighted by Crippen LogP contribution is -1.93. The zero-order valence-corrected chi connectivity index (χ0v) is 13.9. The molecule has 3 heteroatoms. The molecule has 0 spiro atoms. The summed E-state index contributed by atoms with van der Waals surface area (Å²) in [6.07, 6.45) is 21.2. The molecule has 0 saturated heterocycles. The first-order valence-corrected chi connectivity index (χ1v) is 8.64. The zero-order valence-electron chi connectivity index (χ0n) is 13.9. The second-order valence-corrected chi connectivity index (χ2v) is 5.73. The normalized spacial score (nSPS) is 10.7. The third-order valence-electron chi connectivity index (χ3n) is 3.65. The van der Waals surface area contributed by atoms with Gasteiger partial charge in [0, 0.05) is 6.42 Å². The number of rotatable bonds is 15. The van der Waals surface area contributed by atoms with Crippen molar-refractivity contribution in [1.82, 2.24) is 0 Å². The fourth-order valence-electron chi connectivity index (χ4n) is 2.35. The standard InChI is InChI=1S/C18H34O2.H2O/c1-2-3-4-5-6-7-8-9-10-11-12-13-14-15-16-17-18(19)20;/h9-10H,2-8,11-17H2,1H3,(H,19,20);1H2/b10-9-;. The highest BCUT2D eigenvalue weighted by molar-refractivity contribution is 5.66. The van der Waals surface area contributed by atoms with Gasteiger partial charge in [0.1, 0.15) is 0 Å². The molecule has 0 heterocycles. The Balaban J connectivity index is 0. The lowest BCUT2D eigenvalue weighted by molar-refractivity contribution is -0.137. The average molecular weight is 300 g/mol. The van der Waals surface area contributed by atoms with E-state index in [4.69, 9.17) is 5.11 Å². The molecule has 0 radical (unpaired) electrons. The number of hydrogen-bond acceptors (Lipinski definition) is 1. The quantitative estimate of drug-likeness (QED) is 0.330. The molecule has 0 saturated carbocycles. The number of aliphatic carboxylic acids is 1. The van der Waals surface area contributed by atoms with Gasteiger partial charge in [-0.25, -0.2) is 0 Å². The highest BCUT2D eigenvalue weighted by Crippen LogP contribution is 2.09. The molecule has 0 rings (SSSR count). The highest BCUT2D eigenvalue weighted by atomic mass is 16.4. The van der Waals surface area contributed by atoms with Crippen LogP contribution in [0.2, 0.25) is 0 Å². The maximum Gasteiger partial charge on any atom is 0.303 e. The van der Waals surface area contributed by atoms with E-state index in [9.17, 15) is 4.79 Å². The maximum atomic E-state index is 10.3. The van der Waals surface area contributed by atoms with Crippen LogP contribution >= 0.6 is 0 Å². The summed E-state index contributed by atoms with van der Waals surface area (Å²) in [7, 11) is 0. The molecule has 3 nitrogen and oxygen atoms in total. The van der Waals surface area contributed by atoms with E-state index < -0.39 is 5.97 Å². The minimum atomic E-state index is -0.664. The molecule has 126 valence electrons. The molecule has 0 aliphatic rings. The predicted molar refractivity (Wildman–Crippen MR) is 90.7 cm³/mol. The molecule has 0 aromatic rings. The third-order valence-corrected chi connectivity index (χ3v) is 3.65. The number of carboxylic acid groups (broad SMARTS) is 1. The topological polar surface area (TPSA) is 68.8 Å². The molecule has 0 bridgehead atoms. The monoisotopic (exact) mass is 300 g/mol. The zero-order chi connectivity index (χ0) is 14.9. The minimum absolute atomic E-state index is 0. The van der Waals surface area contributed by atoms with Gasteiger partial charge in [-0.2, -0.15) is 0 Å². The number of carbonyl (C=O) groups is 1. The van der Waals surface area contributed by atoms with E-state index >= 15 is 0 Å². The van der Waals surface area contributed by atoms with E-state index in [0.29, 0.717) is 6.42 Å². The van der Waals surface area contributed by atoms with Crippen LogP contribution in [0.4, 0.5) is 0 Å². The fourth-order valence-corrected chi connectivity index (χ4v) is 2.35. The second-order valence-electron chi connectivity index (χ2n) is 5.73. The van der Waals surface area contributed by atoms with E-state index in [1.807, 2.05) is 0 Å². The Kier molecular flexibility index (Phi) is 20.5. The Bertz CT molecular complexity index is 237. The average Bonchev–Trinajstić information content (AvgIpc) is 2.43. The predicted octanol–water partition coefficient (Wildman–Crippen LogP) is 5.28. The largest absolute Gasteiger partial charge is 0.481 e. The molecule has 0 unspecified atom stereocenters. The minimum Gasteiger partial charge on any atom is -0.481 e. The van der Waals surface area contributed by atoms with Crippen LogP contribution in [0.1, 0.15) is 96.8 Å². The van der Waals surface area contributed by atoms with E-state index in [0.717, 1.165) is 12.8 Å². The molecule has 0 aliphatic carbocycles. The molecule has 0 fully saturated rings. The summed E-state index contributed by atoms with van der Waals surface area (Å²) in [5.74, 6) is -0.664. The van der Waals surface area contributed by atoms with Gasteiger partial charge in [-0.3, -0.25) is 4.79 Å². The SMILES string of the molecule is CCCCCCCC/C=C\CCCCCCCC(=O)O.O. The molecular weight excluding hydrogens is 264 g/mol. The summed E-state index contributed by atoms with van der Waals surface area (Å²) in [5.41, 5.74) is 0. The van der Waals surface area contributed by atoms with Crippen molar-refractivity contribution in [2.45, 2.75) is 96.8 Å². The van der Waals surface area contributed by atoms with Crippen LogP contribution < -0.4 is 0 Å². The highest BCUT2D eigenvalue weighted by Gasteiger charge is 1.95. The summed E-state index contributed by atoms with van der Waals surface area (Å²) >= 11 is 0. The first-order chi connectivity index (χ1) is 9.77. The van der Waals surface area contributed by atoms with Gasteiger partial charge < -0.3 is 10.6 Å². The van der Waals surface area contributed by atoms with E-state index in [2.05, 4.69) is 19.1 Å². The van der Waals surface area contributed by atoms with Crippen LogP contribution in [0.5, 0.6) is 0 Å². The van der Waals surface area contributed by atoms with Crippen molar-refractivity contribution >= 4 is 5.97 Å². The van der Waals surface area contributed by atoms with Crippen LogP contribution in [0, 0.1) is 0 Å². The molecule has 0 aliphatic heterocycles. The number of unbranched alkanes of at least 4 members (excludes halogenated alkanes) is 11. The van der Waals surface area contributed by atoms with E-state index in [1.54, 1.807) is 0 Å². The number of hydrogen-bond donors (Lipinski definition) is 1. The van der Waals surface area contributed by atoms with Crippen molar-refractivity contribution in [3.8, 4) is 0 Å². The van der Waals surface area contributed by atoms with Gasteiger partial charge >= 0.3 is 5.97 Å². The summed E-state index contributed by atoms with van der Waals surface area (Å²) < 4.78 is 0. The smallest absolute Gasteiger partial charge is 0.303 e. The van der Waals surface area contributed by atoms with Crippen LogP contribution in [0.3, 0.4) is 0 Å². The van der Waals surface area contributed by atoms with Gasteiger partial charge in [-0.05, 0) is 32.1 Å². The number of carboxylic acids is 1. The van der Waals surface area contributed by atoms with Gasteiger partial charge in [0.2, 0.25) is 0 Å². The Labute approximate surface area is 131 Å². The lowest BCUT2D eigenvalue weighted by Gasteiger charge is -1.99. The van der Waals surface area contributed by atoms with E-state index in [-0.39, 0.29) is 5.48 Å². The van der Waals surface area contributed by atoms with Crippen molar-refractivity contribution in [2.75, 3.05) is 0 Å². The maximum absolute atomic E-state index is 10.3. The van der Waals surface area contributed by atoms with Gasteiger partial charge in [0.25, 0.3) is 0 Å². The summed E-state index contributed by atoms with van der Waals surface area (Å²) in [4.78, 5) is 10.3. The fraction of sp³-hybridized carbons (Fsp3) is 0.833. The Morgan fingerprint density at radius 3 is 1.67 bits per heavy atom. The van der Waals surface area contributed by atoms with Crippen LogP contribution in [-0.2, 0) is 4.79 Å². The van der Waals surface area contributed by atoms with Crippen LogP contribution in [-0.4, -0.2) is 16.6 Å². The third kappa shape index (κ3) is 21.6. The van der Waals surface area contributed by atoms with Crippen molar-refractivity contribution in [3.63, 3.8) is 0 Å². The molecule has 3 N–H and O–H groups in total. The van der Waals surface area contributed by atoms with Gasteiger partial charge in [0.15, 0.2) is 0 Å². The first kappa shape index (κ1) is 22.5. The first-order valence-electron chi connectivity index (χ1n) is 8.64. The van der Waals surface area contributed by atoms with Crippen molar-refractivity contribution in [1.29, 1.82) is 0 Å². The van der Waals surface area contributed by atoms with E-state index in [1.165, 1.54) is 70.6 Å².